The van der Waals surface area contributed by atoms with Crippen LogP contribution in [0, 0.1) is 5.82 Å². The number of hydrogen-bond donors (Lipinski definition) is 2. The fourth-order valence-electron chi connectivity index (χ4n) is 2.97. The van der Waals surface area contributed by atoms with E-state index in [1.165, 1.54) is 23.7 Å². The summed E-state index contributed by atoms with van der Waals surface area (Å²) in [4.78, 5) is 6.85. The maximum atomic E-state index is 13.1. The highest BCUT2D eigenvalue weighted by Crippen LogP contribution is 2.25. The third-order valence-corrected chi connectivity index (χ3v) is 5.41. The number of nitrogens with zero attached hydrogens (tertiary/aromatic N) is 3. The van der Waals surface area contributed by atoms with Gasteiger partial charge in [0.15, 0.2) is 5.82 Å². The van der Waals surface area contributed by atoms with Crippen LogP contribution in [0.2, 0.25) is 0 Å². The van der Waals surface area contributed by atoms with E-state index in [0.717, 1.165) is 49.0 Å². The van der Waals surface area contributed by atoms with Crippen molar-refractivity contribution in [3.8, 4) is 0 Å². The Bertz CT molecular complexity index is 681. The molecular formula is C18H25FN4OS. The van der Waals surface area contributed by atoms with Gasteiger partial charge >= 0.3 is 0 Å². The number of aliphatic hydroxyl groups is 1. The lowest BCUT2D eigenvalue weighted by atomic mass is 9.85. The molecule has 7 heteroatoms. The third-order valence-electron chi connectivity index (χ3n) is 4.70. The molecule has 25 heavy (non-hydrogen) atoms. The summed E-state index contributed by atoms with van der Waals surface area (Å²) in [5.74, 6) is 0.606. The van der Waals surface area contributed by atoms with Crippen molar-refractivity contribution in [2.24, 2.45) is 0 Å². The SMILES string of the molecule is CC(C)(CNc1nc(CN2CCC(O)CC2)ns1)c1ccc(F)cc1. The number of anilines is 1. The number of halogens is 1. The van der Waals surface area contributed by atoms with E-state index in [1.807, 2.05) is 12.1 Å². The number of aromatic nitrogens is 2. The molecule has 136 valence electrons. The predicted molar refractivity (Wildman–Crippen MR) is 98.3 cm³/mol. The van der Waals surface area contributed by atoms with Crippen LogP contribution in [0.5, 0.6) is 0 Å². The van der Waals surface area contributed by atoms with Gasteiger partial charge in [0.05, 0.1) is 12.6 Å². The predicted octanol–water partition coefficient (Wildman–Crippen LogP) is 3.02. The van der Waals surface area contributed by atoms with Crippen molar-refractivity contribution >= 4 is 16.7 Å². The van der Waals surface area contributed by atoms with Gasteiger partial charge in [0.25, 0.3) is 0 Å². The highest BCUT2D eigenvalue weighted by Gasteiger charge is 2.22. The second kappa shape index (κ2) is 7.76. The minimum absolute atomic E-state index is 0.136. The molecule has 5 nitrogen and oxygen atoms in total. The molecule has 1 aliphatic heterocycles. The van der Waals surface area contributed by atoms with Crippen molar-refractivity contribution in [2.75, 3.05) is 25.0 Å². The van der Waals surface area contributed by atoms with Gasteiger partial charge in [-0.3, -0.25) is 4.90 Å². The molecule has 2 heterocycles. The Morgan fingerprint density at radius 2 is 1.96 bits per heavy atom. The second-order valence-electron chi connectivity index (χ2n) is 7.27. The second-order valence-corrected chi connectivity index (χ2v) is 8.02. The van der Waals surface area contributed by atoms with E-state index >= 15 is 0 Å². The van der Waals surface area contributed by atoms with Crippen LogP contribution in [0.4, 0.5) is 9.52 Å². The molecule has 2 N–H and O–H groups in total. The van der Waals surface area contributed by atoms with Crippen LogP contribution < -0.4 is 5.32 Å². The summed E-state index contributed by atoms with van der Waals surface area (Å²) in [6.45, 7) is 7.44. The van der Waals surface area contributed by atoms with Crippen LogP contribution in [0.15, 0.2) is 24.3 Å². The summed E-state index contributed by atoms with van der Waals surface area (Å²) < 4.78 is 17.5. The van der Waals surface area contributed by atoms with E-state index < -0.39 is 0 Å². The normalized spacial score (nSPS) is 17.0. The Morgan fingerprint density at radius 3 is 2.64 bits per heavy atom. The Hall–Kier alpha value is -1.57. The van der Waals surface area contributed by atoms with Gasteiger partial charge in [-0.1, -0.05) is 26.0 Å². The van der Waals surface area contributed by atoms with Gasteiger partial charge in [-0.2, -0.15) is 4.37 Å². The number of aliphatic hydroxyl groups excluding tert-OH is 1. The molecule has 3 rings (SSSR count). The Morgan fingerprint density at radius 1 is 1.28 bits per heavy atom. The van der Waals surface area contributed by atoms with E-state index in [-0.39, 0.29) is 17.3 Å². The molecule has 0 radical (unpaired) electrons. The van der Waals surface area contributed by atoms with E-state index in [4.69, 9.17) is 0 Å². The lowest BCUT2D eigenvalue weighted by Crippen LogP contribution is -2.35. The van der Waals surface area contributed by atoms with Gasteiger partial charge < -0.3 is 10.4 Å². The molecule has 0 spiro atoms. The average molecular weight is 364 g/mol. The highest BCUT2D eigenvalue weighted by atomic mass is 32.1. The van der Waals surface area contributed by atoms with Gasteiger partial charge in [-0.15, -0.1) is 0 Å². The first kappa shape index (κ1) is 18.2. The van der Waals surface area contributed by atoms with Crippen LogP contribution in [0.3, 0.4) is 0 Å². The van der Waals surface area contributed by atoms with Crippen molar-refractivity contribution in [1.29, 1.82) is 0 Å². The topological polar surface area (TPSA) is 61.3 Å². The van der Waals surface area contributed by atoms with E-state index in [0.29, 0.717) is 6.54 Å². The van der Waals surface area contributed by atoms with Gasteiger partial charge in [0, 0.05) is 36.6 Å². The third kappa shape index (κ3) is 4.96. The molecule has 1 fully saturated rings. The zero-order valence-electron chi connectivity index (χ0n) is 14.7. The molecule has 1 aromatic heterocycles. The number of hydrogen-bond acceptors (Lipinski definition) is 6. The Labute approximate surface area is 152 Å². The summed E-state index contributed by atoms with van der Waals surface area (Å²) in [5, 5.41) is 13.7. The lowest BCUT2D eigenvalue weighted by molar-refractivity contribution is 0.0782. The van der Waals surface area contributed by atoms with E-state index in [1.54, 1.807) is 0 Å². The van der Waals surface area contributed by atoms with Crippen LogP contribution in [0.1, 0.15) is 38.1 Å². The molecule has 1 saturated heterocycles. The number of piperidine rings is 1. The maximum Gasteiger partial charge on any atom is 0.202 e. The number of rotatable bonds is 6. The van der Waals surface area contributed by atoms with Crippen molar-refractivity contribution in [2.45, 2.75) is 44.8 Å². The lowest BCUT2D eigenvalue weighted by Gasteiger charge is -2.28. The monoisotopic (exact) mass is 364 g/mol. The molecule has 0 saturated carbocycles. The molecule has 0 amide bonds. The minimum Gasteiger partial charge on any atom is -0.393 e. The molecule has 1 aromatic carbocycles. The summed E-state index contributed by atoms with van der Waals surface area (Å²) >= 11 is 1.37. The quantitative estimate of drug-likeness (QED) is 0.825. The van der Waals surface area contributed by atoms with Crippen LogP contribution >= 0.6 is 11.5 Å². The zero-order chi connectivity index (χ0) is 17.9. The molecule has 0 bridgehead atoms. The smallest absolute Gasteiger partial charge is 0.202 e. The summed E-state index contributed by atoms with van der Waals surface area (Å²) in [5.41, 5.74) is 0.945. The van der Waals surface area contributed by atoms with Crippen molar-refractivity contribution in [3.05, 3.63) is 41.5 Å². The van der Waals surface area contributed by atoms with Gasteiger partial charge in [0.1, 0.15) is 5.82 Å². The first-order valence-electron chi connectivity index (χ1n) is 8.65. The largest absolute Gasteiger partial charge is 0.393 e. The fourth-order valence-corrected chi connectivity index (χ4v) is 3.54. The summed E-state index contributed by atoms with van der Waals surface area (Å²) in [7, 11) is 0. The van der Waals surface area contributed by atoms with Crippen LogP contribution in [0.25, 0.3) is 0 Å². The van der Waals surface area contributed by atoms with Crippen molar-refractivity contribution in [3.63, 3.8) is 0 Å². The van der Waals surface area contributed by atoms with Crippen molar-refractivity contribution < 1.29 is 9.50 Å². The molecule has 1 aliphatic rings. The summed E-state index contributed by atoms with van der Waals surface area (Å²) in [6.07, 6.45) is 1.48. The minimum atomic E-state index is -0.216. The molecule has 0 unspecified atom stereocenters. The number of benzene rings is 1. The van der Waals surface area contributed by atoms with Gasteiger partial charge in [-0.05, 0) is 30.5 Å². The van der Waals surface area contributed by atoms with Gasteiger partial charge in [0.2, 0.25) is 5.13 Å². The molecule has 0 atom stereocenters. The maximum absolute atomic E-state index is 13.1. The molecular weight excluding hydrogens is 339 g/mol. The standard InChI is InChI=1S/C18H25FN4OS/c1-18(2,13-3-5-14(19)6-4-13)12-20-17-21-16(22-25-17)11-23-9-7-15(24)8-10-23/h3-6,15,24H,7-12H2,1-2H3,(H,20,21,22). The Kier molecular flexibility index (Phi) is 5.66. The fraction of sp³-hybridized carbons (Fsp3) is 0.556. The van der Waals surface area contributed by atoms with Gasteiger partial charge in [-0.25, -0.2) is 9.37 Å². The van der Waals surface area contributed by atoms with Crippen molar-refractivity contribution in [1.82, 2.24) is 14.3 Å². The Balaban J connectivity index is 1.53. The van der Waals surface area contributed by atoms with Crippen LogP contribution in [-0.4, -0.2) is 45.1 Å². The summed E-state index contributed by atoms with van der Waals surface area (Å²) in [6, 6.07) is 6.64. The van der Waals surface area contributed by atoms with E-state index in [2.05, 4.69) is 33.4 Å². The highest BCUT2D eigenvalue weighted by molar-refractivity contribution is 7.09. The first-order chi connectivity index (χ1) is 11.9. The zero-order valence-corrected chi connectivity index (χ0v) is 15.5. The number of nitrogens with one attached hydrogen (secondary N) is 1. The van der Waals surface area contributed by atoms with E-state index in [9.17, 15) is 9.50 Å². The molecule has 2 aromatic rings. The first-order valence-corrected chi connectivity index (χ1v) is 9.43. The number of likely N-dealkylation sites (tertiary alicyclic amines) is 1. The van der Waals surface area contributed by atoms with Crippen LogP contribution in [-0.2, 0) is 12.0 Å². The average Bonchev–Trinajstić information content (AvgIpc) is 3.03. The molecule has 0 aliphatic carbocycles.